The molecule has 0 aromatic carbocycles. The van der Waals surface area contributed by atoms with Crippen molar-refractivity contribution >= 4 is 23.5 Å². The highest BCUT2D eigenvalue weighted by molar-refractivity contribution is 7.99. The molecule has 0 radical (unpaired) electrons. The van der Waals surface area contributed by atoms with Crippen LogP contribution in [-0.4, -0.2) is 35.0 Å². The molecule has 4 nitrogen and oxygen atoms in total. The third-order valence-electron chi connectivity index (χ3n) is 2.95. The SMILES string of the molecule is CCCc1cc(C(=O)NC(C)CSCC)cc(NCC)n1. The number of hydrogen-bond acceptors (Lipinski definition) is 4. The van der Waals surface area contributed by atoms with Gasteiger partial charge in [-0.15, -0.1) is 0 Å². The van der Waals surface area contributed by atoms with Crippen molar-refractivity contribution in [3.8, 4) is 0 Å². The maximum atomic E-state index is 12.4. The number of aryl methyl sites for hydroxylation is 1. The predicted molar refractivity (Wildman–Crippen MR) is 92.3 cm³/mol. The van der Waals surface area contributed by atoms with Gasteiger partial charge in [0.05, 0.1) is 0 Å². The van der Waals surface area contributed by atoms with Gasteiger partial charge in [-0.2, -0.15) is 11.8 Å². The van der Waals surface area contributed by atoms with Crippen LogP contribution < -0.4 is 10.6 Å². The molecule has 0 saturated carbocycles. The maximum Gasteiger partial charge on any atom is 0.251 e. The van der Waals surface area contributed by atoms with Crippen LogP contribution in [0.2, 0.25) is 0 Å². The zero-order chi connectivity index (χ0) is 15.7. The summed E-state index contributed by atoms with van der Waals surface area (Å²) in [5, 5.41) is 6.25. The van der Waals surface area contributed by atoms with E-state index in [4.69, 9.17) is 0 Å². The van der Waals surface area contributed by atoms with Crippen LogP contribution in [0, 0.1) is 0 Å². The number of rotatable bonds is 9. The Labute approximate surface area is 132 Å². The Morgan fingerprint density at radius 3 is 2.71 bits per heavy atom. The fourth-order valence-corrected chi connectivity index (χ4v) is 2.69. The van der Waals surface area contributed by atoms with Crippen molar-refractivity contribution in [1.82, 2.24) is 10.3 Å². The third kappa shape index (κ3) is 6.38. The van der Waals surface area contributed by atoms with Crippen molar-refractivity contribution in [2.24, 2.45) is 0 Å². The summed E-state index contributed by atoms with van der Waals surface area (Å²) in [6, 6.07) is 3.91. The molecule has 0 aliphatic rings. The third-order valence-corrected chi connectivity index (χ3v) is 4.10. The Bertz CT molecular complexity index is 427. The van der Waals surface area contributed by atoms with E-state index in [0.29, 0.717) is 5.56 Å². The van der Waals surface area contributed by atoms with E-state index in [9.17, 15) is 4.79 Å². The van der Waals surface area contributed by atoms with Crippen molar-refractivity contribution in [3.05, 3.63) is 23.4 Å². The molecule has 2 N–H and O–H groups in total. The molecule has 0 fully saturated rings. The molecule has 0 saturated heterocycles. The lowest BCUT2D eigenvalue weighted by molar-refractivity contribution is 0.0943. The zero-order valence-electron chi connectivity index (χ0n) is 13.5. The Morgan fingerprint density at radius 2 is 2.10 bits per heavy atom. The first-order chi connectivity index (χ1) is 10.1. The van der Waals surface area contributed by atoms with E-state index in [-0.39, 0.29) is 11.9 Å². The second kappa shape index (κ2) is 9.66. The van der Waals surface area contributed by atoms with Crippen molar-refractivity contribution < 1.29 is 4.79 Å². The predicted octanol–water partition coefficient (Wildman–Crippen LogP) is 3.34. The minimum Gasteiger partial charge on any atom is -0.370 e. The molecule has 0 spiro atoms. The van der Waals surface area contributed by atoms with Gasteiger partial charge in [-0.3, -0.25) is 4.79 Å². The number of thioether (sulfide) groups is 1. The van der Waals surface area contributed by atoms with Crippen LogP contribution in [0.3, 0.4) is 0 Å². The topological polar surface area (TPSA) is 54.0 Å². The highest BCUT2D eigenvalue weighted by atomic mass is 32.2. The highest BCUT2D eigenvalue weighted by Crippen LogP contribution is 2.13. The molecule has 0 aliphatic heterocycles. The fourth-order valence-electron chi connectivity index (χ4n) is 2.02. The number of nitrogens with one attached hydrogen (secondary N) is 2. The van der Waals surface area contributed by atoms with Crippen LogP contribution in [0.15, 0.2) is 12.1 Å². The number of nitrogens with zero attached hydrogens (tertiary/aromatic N) is 1. The zero-order valence-corrected chi connectivity index (χ0v) is 14.3. The summed E-state index contributed by atoms with van der Waals surface area (Å²) in [6.45, 7) is 9.11. The van der Waals surface area contributed by atoms with E-state index in [1.54, 1.807) is 0 Å². The first-order valence-electron chi connectivity index (χ1n) is 7.74. The van der Waals surface area contributed by atoms with Gasteiger partial charge in [0, 0.05) is 29.6 Å². The largest absolute Gasteiger partial charge is 0.370 e. The van der Waals surface area contributed by atoms with Gasteiger partial charge in [-0.25, -0.2) is 4.98 Å². The first kappa shape index (κ1) is 17.8. The van der Waals surface area contributed by atoms with Crippen LogP contribution in [0.5, 0.6) is 0 Å². The lowest BCUT2D eigenvalue weighted by Gasteiger charge is -2.14. The minimum atomic E-state index is -0.0156. The standard InChI is InChI=1S/C16H27N3OS/c1-5-8-14-9-13(10-15(19-14)17-6-2)16(20)18-12(4)11-21-7-3/h9-10,12H,5-8,11H2,1-4H3,(H,17,19)(H,18,20). The van der Waals surface area contributed by atoms with Crippen LogP contribution in [0.25, 0.3) is 0 Å². The fraction of sp³-hybridized carbons (Fsp3) is 0.625. The lowest BCUT2D eigenvalue weighted by Crippen LogP contribution is -2.34. The monoisotopic (exact) mass is 309 g/mol. The normalized spacial score (nSPS) is 12.0. The van der Waals surface area contributed by atoms with Gasteiger partial charge in [-0.1, -0.05) is 20.3 Å². The average Bonchev–Trinajstić information content (AvgIpc) is 2.45. The highest BCUT2D eigenvalue weighted by Gasteiger charge is 2.12. The minimum absolute atomic E-state index is 0.0156. The van der Waals surface area contributed by atoms with E-state index in [0.717, 1.165) is 42.4 Å². The van der Waals surface area contributed by atoms with Gasteiger partial charge in [-0.05, 0) is 38.2 Å². The van der Waals surface area contributed by atoms with E-state index >= 15 is 0 Å². The summed E-state index contributed by atoms with van der Waals surface area (Å²) in [5.41, 5.74) is 1.66. The Kier molecular flexibility index (Phi) is 8.20. The van der Waals surface area contributed by atoms with Gasteiger partial charge < -0.3 is 10.6 Å². The van der Waals surface area contributed by atoms with Crippen LogP contribution in [-0.2, 0) is 6.42 Å². The van der Waals surface area contributed by atoms with Gasteiger partial charge >= 0.3 is 0 Å². The Hall–Kier alpha value is -1.23. The second-order valence-electron chi connectivity index (χ2n) is 5.05. The molecule has 1 amide bonds. The molecule has 0 aliphatic carbocycles. The number of hydrogen-bond donors (Lipinski definition) is 2. The van der Waals surface area contributed by atoms with Crippen molar-refractivity contribution in [2.75, 3.05) is 23.4 Å². The van der Waals surface area contributed by atoms with Crippen molar-refractivity contribution in [3.63, 3.8) is 0 Å². The van der Waals surface area contributed by atoms with E-state index in [2.05, 4.69) is 29.5 Å². The Balaban J connectivity index is 2.81. The van der Waals surface area contributed by atoms with Gasteiger partial charge in [0.1, 0.15) is 5.82 Å². The smallest absolute Gasteiger partial charge is 0.251 e. The molecular formula is C16H27N3OS. The molecule has 1 rings (SSSR count). The molecule has 0 bridgehead atoms. The van der Waals surface area contributed by atoms with E-state index < -0.39 is 0 Å². The summed E-state index contributed by atoms with van der Waals surface area (Å²) in [6.07, 6.45) is 1.91. The van der Waals surface area contributed by atoms with Crippen molar-refractivity contribution in [2.45, 2.75) is 46.6 Å². The molecule has 1 heterocycles. The molecule has 1 unspecified atom stereocenters. The molecule has 1 atom stereocenters. The summed E-state index contributed by atoms with van der Waals surface area (Å²) >= 11 is 1.84. The summed E-state index contributed by atoms with van der Waals surface area (Å²) < 4.78 is 0. The lowest BCUT2D eigenvalue weighted by atomic mass is 10.1. The quantitative estimate of drug-likeness (QED) is 0.734. The van der Waals surface area contributed by atoms with Gasteiger partial charge in [0.2, 0.25) is 0 Å². The van der Waals surface area contributed by atoms with Gasteiger partial charge in [0.15, 0.2) is 0 Å². The molecule has 21 heavy (non-hydrogen) atoms. The first-order valence-corrected chi connectivity index (χ1v) is 8.89. The summed E-state index contributed by atoms with van der Waals surface area (Å²) in [5.74, 6) is 2.78. The number of pyridine rings is 1. The Morgan fingerprint density at radius 1 is 1.33 bits per heavy atom. The van der Waals surface area contributed by atoms with Crippen LogP contribution >= 0.6 is 11.8 Å². The van der Waals surface area contributed by atoms with E-state index in [1.165, 1.54) is 0 Å². The number of carbonyl (C=O) groups excluding carboxylic acids is 1. The number of aromatic nitrogens is 1. The summed E-state index contributed by atoms with van der Waals surface area (Å²) in [7, 11) is 0. The molecule has 1 aromatic rings. The molecular weight excluding hydrogens is 282 g/mol. The van der Waals surface area contributed by atoms with E-state index in [1.807, 2.05) is 37.7 Å². The van der Waals surface area contributed by atoms with Gasteiger partial charge in [0.25, 0.3) is 5.91 Å². The molecule has 5 heteroatoms. The molecule has 1 aromatic heterocycles. The molecule has 118 valence electrons. The maximum absolute atomic E-state index is 12.4. The van der Waals surface area contributed by atoms with Crippen LogP contribution in [0.1, 0.15) is 50.2 Å². The number of carbonyl (C=O) groups is 1. The summed E-state index contributed by atoms with van der Waals surface area (Å²) in [4.78, 5) is 16.9. The van der Waals surface area contributed by atoms with Crippen LogP contribution in [0.4, 0.5) is 5.82 Å². The average molecular weight is 309 g/mol. The number of amides is 1. The second-order valence-corrected chi connectivity index (χ2v) is 6.37. The van der Waals surface area contributed by atoms with Crippen molar-refractivity contribution in [1.29, 1.82) is 0 Å². The number of anilines is 1.